The lowest BCUT2D eigenvalue weighted by Crippen LogP contribution is -2.34. The fraction of sp³-hybridized carbons (Fsp3) is 0.286. The molecule has 0 saturated carbocycles. The second-order valence-electron chi connectivity index (χ2n) is 6.77. The van der Waals surface area contributed by atoms with Gasteiger partial charge in [0.05, 0.1) is 12.0 Å². The molecular formula is C21H23N3O3. The number of hydrogen-bond donors (Lipinski definition) is 2. The summed E-state index contributed by atoms with van der Waals surface area (Å²) in [5, 5.41) is 5.69. The van der Waals surface area contributed by atoms with Crippen LogP contribution >= 0.6 is 0 Å². The van der Waals surface area contributed by atoms with E-state index in [-0.39, 0.29) is 36.1 Å². The zero-order valence-corrected chi connectivity index (χ0v) is 15.4. The Labute approximate surface area is 158 Å². The Balaban J connectivity index is 1.62. The van der Waals surface area contributed by atoms with Crippen molar-refractivity contribution in [3.05, 3.63) is 60.2 Å². The Kier molecular flexibility index (Phi) is 5.54. The molecule has 1 aliphatic rings. The standard InChI is InChI=1S/C21H23N3O3/c1-14(16-6-4-3-5-7-16)22-21(27)17-12-20(26)24(13-17)19-10-8-18(9-11-19)23-15(2)25/h3-11,14,17H,12-13H2,1-2H3,(H,22,27)(H,23,25). The Hall–Kier alpha value is -3.15. The molecule has 2 N–H and O–H groups in total. The molecule has 1 heterocycles. The van der Waals surface area contributed by atoms with Crippen LogP contribution < -0.4 is 15.5 Å². The van der Waals surface area contributed by atoms with Crippen LogP contribution in [0, 0.1) is 5.92 Å². The molecule has 6 nitrogen and oxygen atoms in total. The third-order valence-corrected chi connectivity index (χ3v) is 4.65. The van der Waals surface area contributed by atoms with Gasteiger partial charge in [-0.2, -0.15) is 0 Å². The van der Waals surface area contributed by atoms with Crippen LogP contribution in [0.15, 0.2) is 54.6 Å². The van der Waals surface area contributed by atoms with Gasteiger partial charge in [-0.1, -0.05) is 30.3 Å². The van der Waals surface area contributed by atoms with Gasteiger partial charge in [-0.3, -0.25) is 14.4 Å². The zero-order chi connectivity index (χ0) is 19.4. The molecule has 2 unspecified atom stereocenters. The summed E-state index contributed by atoms with van der Waals surface area (Å²) >= 11 is 0. The number of nitrogens with zero attached hydrogens (tertiary/aromatic N) is 1. The first-order valence-corrected chi connectivity index (χ1v) is 8.97. The average Bonchev–Trinajstić information content (AvgIpc) is 3.04. The smallest absolute Gasteiger partial charge is 0.227 e. The van der Waals surface area contributed by atoms with E-state index < -0.39 is 0 Å². The van der Waals surface area contributed by atoms with E-state index in [1.54, 1.807) is 29.2 Å². The van der Waals surface area contributed by atoms with E-state index in [0.717, 1.165) is 11.3 Å². The molecule has 3 rings (SSSR count). The lowest BCUT2D eigenvalue weighted by Gasteiger charge is -2.19. The number of amides is 3. The summed E-state index contributed by atoms with van der Waals surface area (Å²) in [6.07, 6.45) is 0.195. The van der Waals surface area contributed by atoms with Crippen molar-refractivity contribution in [3.8, 4) is 0 Å². The molecule has 2 atom stereocenters. The fourth-order valence-corrected chi connectivity index (χ4v) is 3.22. The van der Waals surface area contributed by atoms with Crippen molar-refractivity contribution in [1.82, 2.24) is 5.32 Å². The first-order chi connectivity index (χ1) is 12.9. The molecule has 1 aliphatic heterocycles. The summed E-state index contributed by atoms with van der Waals surface area (Å²) in [5.41, 5.74) is 2.42. The first kappa shape index (κ1) is 18.6. The van der Waals surface area contributed by atoms with E-state index >= 15 is 0 Å². The summed E-state index contributed by atoms with van der Waals surface area (Å²) in [6.45, 7) is 3.73. The van der Waals surface area contributed by atoms with Crippen LogP contribution in [0.3, 0.4) is 0 Å². The van der Waals surface area contributed by atoms with E-state index in [1.165, 1.54) is 6.92 Å². The monoisotopic (exact) mass is 365 g/mol. The second-order valence-corrected chi connectivity index (χ2v) is 6.77. The number of hydrogen-bond acceptors (Lipinski definition) is 3. The molecule has 27 heavy (non-hydrogen) atoms. The van der Waals surface area contributed by atoms with Gasteiger partial charge < -0.3 is 15.5 Å². The summed E-state index contributed by atoms with van der Waals surface area (Å²) in [4.78, 5) is 37.7. The van der Waals surface area contributed by atoms with Crippen LogP contribution in [0.4, 0.5) is 11.4 Å². The molecule has 1 fully saturated rings. The molecule has 0 spiro atoms. The molecule has 0 radical (unpaired) electrons. The Morgan fingerprint density at radius 3 is 2.37 bits per heavy atom. The number of rotatable bonds is 5. The minimum absolute atomic E-state index is 0.0743. The zero-order valence-electron chi connectivity index (χ0n) is 15.4. The Bertz CT molecular complexity index is 834. The van der Waals surface area contributed by atoms with E-state index in [1.807, 2.05) is 37.3 Å². The van der Waals surface area contributed by atoms with Gasteiger partial charge >= 0.3 is 0 Å². The fourth-order valence-electron chi connectivity index (χ4n) is 3.22. The van der Waals surface area contributed by atoms with E-state index in [0.29, 0.717) is 12.2 Å². The maximum Gasteiger partial charge on any atom is 0.227 e. The van der Waals surface area contributed by atoms with Crippen molar-refractivity contribution in [2.75, 3.05) is 16.8 Å². The molecule has 3 amide bonds. The Morgan fingerprint density at radius 2 is 1.74 bits per heavy atom. The van der Waals surface area contributed by atoms with Gasteiger partial charge in [0.25, 0.3) is 0 Å². The van der Waals surface area contributed by atoms with Crippen molar-refractivity contribution in [1.29, 1.82) is 0 Å². The second kappa shape index (κ2) is 8.03. The SMILES string of the molecule is CC(=O)Nc1ccc(N2CC(C(=O)NC(C)c3ccccc3)CC2=O)cc1. The van der Waals surface area contributed by atoms with Crippen molar-refractivity contribution in [3.63, 3.8) is 0 Å². The van der Waals surface area contributed by atoms with Gasteiger partial charge in [0.1, 0.15) is 0 Å². The lowest BCUT2D eigenvalue weighted by molar-refractivity contribution is -0.126. The van der Waals surface area contributed by atoms with E-state index in [2.05, 4.69) is 10.6 Å². The normalized spacial score (nSPS) is 17.5. The molecule has 2 aromatic carbocycles. The molecule has 6 heteroatoms. The van der Waals surface area contributed by atoms with Gasteiger partial charge in [-0.05, 0) is 36.8 Å². The Morgan fingerprint density at radius 1 is 1.07 bits per heavy atom. The molecular weight excluding hydrogens is 342 g/mol. The van der Waals surface area contributed by atoms with E-state index in [9.17, 15) is 14.4 Å². The van der Waals surface area contributed by atoms with Crippen molar-refractivity contribution < 1.29 is 14.4 Å². The highest BCUT2D eigenvalue weighted by Gasteiger charge is 2.35. The molecule has 0 aliphatic carbocycles. The third kappa shape index (κ3) is 4.53. The highest BCUT2D eigenvalue weighted by Crippen LogP contribution is 2.27. The molecule has 0 bridgehead atoms. The molecule has 0 aromatic heterocycles. The maximum absolute atomic E-state index is 12.6. The number of carbonyl (C=O) groups is 3. The highest BCUT2D eigenvalue weighted by molar-refractivity contribution is 6.00. The number of benzene rings is 2. The van der Waals surface area contributed by atoms with Gasteiger partial charge in [-0.25, -0.2) is 0 Å². The third-order valence-electron chi connectivity index (χ3n) is 4.65. The molecule has 2 aromatic rings. The largest absolute Gasteiger partial charge is 0.349 e. The van der Waals surface area contributed by atoms with Gasteiger partial charge in [0.15, 0.2) is 0 Å². The van der Waals surface area contributed by atoms with Crippen LogP contribution in [0.25, 0.3) is 0 Å². The van der Waals surface area contributed by atoms with Crippen LogP contribution in [-0.4, -0.2) is 24.3 Å². The molecule has 1 saturated heterocycles. The maximum atomic E-state index is 12.6. The first-order valence-electron chi connectivity index (χ1n) is 8.97. The number of nitrogens with one attached hydrogen (secondary N) is 2. The summed E-state index contributed by atoms with van der Waals surface area (Å²) in [6, 6.07) is 16.7. The van der Waals surface area contributed by atoms with Crippen LogP contribution in [0.5, 0.6) is 0 Å². The topological polar surface area (TPSA) is 78.5 Å². The van der Waals surface area contributed by atoms with Crippen molar-refractivity contribution in [2.24, 2.45) is 5.92 Å². The predicted octanol–water partition coefficient (Wildman–Crippen LogP) is 2.88. The number of anilines is 2. The summed E-state index contributed by atoms with van der Waals surface area (Å²) in [5.74, 6) is -0.713. The van der Waals surface area contributed by atoms with Crippen LogP contribution in [-0.2, 0) is 14.4 Å². The van der Waals surface area contributed by atoms with Crippen molar-refractivity contribution >= 4 is 29.1 Å². The predicted molar refractivity (Wildman–Crippen MR) is 104 cm³/mol. The van der Waals surface area contributed by atoms with E-state index in [4.69, 9.17) is 0 Å². The van der Waals surface area contributed by atoms with Gasteiger partial charge in [0.2, 0.25) is 17.7 Å². The van der Waals surface area contributed by atoms with Gasteiger partial charge in [-0.15, -0.1) is 0 Å². The summed E-state index contributed by atoms with van der Waals surface area (Å²) in [7, 11) is 0. The molecule has 140 valence electrons. The lowest BCUT2D eigenvalue weighted by atomic mass is 10.1. The minimum atomic E-state index is -0.376. The van der Waals surface area contributed by atoms with Gasteiger partial charge in [0, 0.05) is 31.3 Å². The van der Waals surface area contributed by atoms with Crippen LogP contribution in [0.2, 0.25) is 0 Å². The minimum Gasteiger partial charge on any atom is -0.349 e. The quantitative estimate of drug-likeness (QED) is 0.855. The highest BCUT2D eigenvalue weighted by atomic mass is 16.2. The van der Waals surface area contributed by atoms with Crippen molar-refractivity contribution in [2.45, 2.75) is 26.3 Å². The number of carbonyl (C=O) groups excluding carboxylic acids is 3. The average molecular weight is 365 g/mol. The summed E-state index contributed by atoms with van der Waals surface area (Å²) < 4.78 is 0. The van der Waals surface area contributed by atoms with Crippen LogP contribution in [0.1, 0.15) is 31.9 Å².